The number of hydrazone groups is 1. The van der Waals surface area contributed by atoms with Crippen LogP contribution in [0.4, 0.5) is 10.7 Å². The second-order valence-corrected chi connectivity index (χ2v) is 6.55. The number of anilines is 1. The third-order valence-electron chi connectivity index (χ3n) is 2.78. The number of carbonyl (C=O) groups excluding carboxylic acids is 1. The molecule has 0 radical (unpaired) electrons. The first kappa shape index (κ1) is 17.1. The average molecular weight is 397 g/mol. The normalized spacial score (nSPS) is 12.1. The van der Waals surface area contributed by atoms with Crippen LogP contribution < -0.4 is 10.7 Å². The number of nitrogens with zero attached hydrogens (tertiary/aromatic N) is 2. The Morgan fingerprint density at radius 1 is 1.35 bits per heavy atom. The molecule has 7 nitrogen and oxygen atoms in total. The summed E-state index contributed by atoms with van der Waals surface area (Å²) in [5.41, 5.74) is 3.21. The molecule has 120 valence electrons. The van der Waals surface area contributed by atoms with Crippen LogP contribution in [0.15, 0.2) is 46.0 Å². The predicted octanol–water partition coefficient (Wildman–Crippen LogP) is 3.37. The maximum atomic E-state index is 11.9. The molecule has 2 rings (SSSR count). The molecule has 23 heavy (non-hydrogen) atoms. The highest BCUT2D eigenvalue weighted by Crippen LogP contribution is 2.22. The number of nitro groups is 1. The predicted molar refractivity (Wildman–Crippen MR) is 93.9 cm³/mol. The summed E-state index contributed by atoms with van der Waals surface area (Å²) in [7, 11) is 0. The molecule has 2 N–H and O–H groups in total. The molecule has 0 aliphatic rings. The zero-order chi connectivity index (χ0) is 16.8. The second-order valence-electron chi connectivity index (χ2n) is 4.54. The van der Waals surface area contributed by atoms with Gasteiger partial charge in [-0.25, -0.2) is 5.43 Å². The number of hydrogen-bond acceptors (Lipinski definition) is 6. The standard InChI is InChI=1S/C14H13BrN4O3S/c1-9(17-11-4-2-10(15)3-5-11)14(20)18-16-8-12-6-7-13(23-12)19(21)22/h2-9,17H,1H3,(H,18,20). The van der Waals surface area contributed by atoms with Crippen LogP contribution in [0, 0.1) is 10.1 Å². The molecule has 1 unspecified atom stereocenters. The Labute approximate surface area is 144 Å². The van der Waals surface area contributed by atoms with Crippen molar-refractivity contribution in [3.05, 3.63) is 55.9 Å². The molecule has 0 aliphatic heterocycles. The van der Waals surface area contributed by atoms with Crippen LogP contribution in [-0.4, -0.2) is 23.1 Å². The van der Waals surface area contributed by atoms with Crippen LogP contribution >= 0.6 is 27.3 Å². The van der Waals surface area contributed by atoms with Crippen LogP contribution in [0.5, 0.6) is 0 Å². The molecule has 2 aromatic rings. The van der Waals surface area contributed by atoms with E-state index in [9.17, 15) is 14.9 Å². The van der Waals surface area contributed by atoms with Crippen molar-refractivity contribution in [1.82, 2.24) is 5.43 Å². The fourth-order valence-corrected chi connectivity index (χ4v) is 2.59. The number of hydrogen-bond donors (Lipinski definition) is 2. The summed E-state index contributed by atoms with van der Waals surface area (Å²) in [6.07, 6.45) is 1.38. The lowest BCUT2D eigenvalue weighted by molar-refractivity contribution is -0.380. The van der Waals surface area contributed by atoms with Crippen molar-refractivity contribution in [2.24, 2.45) is 5.10 Å². The van der Waals surface area contributed by atoms with E-state index in [4.69, 9.17) is 0 Å². The minimum Gasteiger partial charge on any atom is -0.374 e. The Hall–Kier alpha value is -2.26. The molecule has 1 atom stereocenters. The van der Waals surface area contributed by atoms with Crippen molar-refractivity contribution < 1.29 is 9.72 Å². The van der Waals surface area contributed by atoms with Gasteiger partial charge >= 0.3 is 5.00 Å². The molecule has 1 heterocycles. The van der Waals surface area contributed by atoms with E-state index in [-0.39, 0.29) is 10.9 Å². The first-order chi connectivity index (χ1) is 11.0. The van der Waals surface area contributed by atoms with E-state index >= 15 is 0 Å². The maximum Gasteiger partial charge on any atom is 0.324 e. The van der Waals surface area contributed by atoms with Crippen molar-refractivity contribution in [1.29, 1.82) is 0 Å². The molecular formula is C14H13BrN4O3S. The first-order valence-corrected chi connectivity index (χ1v) is 8.16. The minimum atomic E-state index is -0.481. The molecule has 0 saturated heterocycles. The number of rotatable bonds is 6. The number of carbonyl (C=O) groups is 1. The maximum absolute atomic E-state index is 11.9. The van der Waals surface area contributed by atoms with Gasteiger partial charge in [0.2, 0.25) is 0 Å². The fraction of sp³-hybridized carbons (Fsp3) is 0.143. The van der Waals surface area contributed by atoms with Crippen molar-refractivity contribution in [2.45, 2.75) is 13.0 Å². The Balaban J connectivity index is 1.86. The largest absolute Gasteiger partial charge is 0.374 e. The van der Waals surface area contributed by atoms with Gasteiger partial charge in [-0.05, 0) is 37.3 Å². The third kappa shape index (κ3) is 5.15. The van der Waals surface area contributed by atoms with Crippen molar-refractivity contribution in [3.8, 4) is 0 Å². The molecule has 0 aliphatic carbocycles. The first-order valence-electron chi connectivity index (χ1n) is 6.55. The highest BCUT2D eigenvalue weighted by atomic mass is 79.9. The number of benzene rings is 1. The van der Waals surface area contributed by atoms with Crippen LogP contribution in [0.3, 0.4) is 0 Å². The number of thiophene rings is 1. The van der Waals surface area contributed by atoms with Crippen molar-refractivity contribution in [2.75, 3.05) is 5.32 Å². The van der Waals surface area contributed by atoms with E-state index in [2.05, 4.69) is 31.8 Å². The number of nitrogens with one attached hydrogen (secondary N) is 2. The molecule has 1 aromatic heterocycles. The van der Waals surface area contributed by atoms with Gasteiger partial charge in [0.05, 0.1) is 16.0 Å². The zero-order valence-corrected chi connectivity index (χ0v) is 14.4. The topological polar surface area (TPSA) is 96.6 Å². The van der Waals surface area contributed by atoms with Crippen molar-refractivity contribution >= 4 is 50.1 Å². The highest BCUT2D eigenvalue weighted by molar-refractivity contribution is 9.10. The van der Waals surface area contributed by atoms with Gasteiger partial charge in [-0.3, -0.25) is 14.9 Å². The van der Waals surface area contributed by atoms with E-state index in [0.29, 0.717) is 4.88 Å². The Kier molecular flexibility index (Phi) is 5.83. The van der Waals surface area contributed by atoms with Gasteiger partial charge in [-0.1, -0.05) is 27.3 Å². The van der Waals surface area contributed by atoms with E-state index in [0.717, 1.165) is 21.5 Å². The Morgan fingerprint density at radius 2 is 2.04 bits per heavy atom. The monoisotopic (exact) mass is 396 g/mol. The summed E-state index contributed by atoms with van der Waals surface area (Å²) in [4.78, 5) is 22.6. The number of amides is 1. The van der Waals surface area contributed by atoms with Crippen LogP contribution in [0.2, 0.25) is 0 Å². The van der Waals surface area contributed by atoms with Gasteiger partial charge < -0.3 is 5.32 Å². The summed E-state index contributed by atoms with van der Waals surface area (Å²) in [6, 6.07) is 9.92. The molecule has 1 aromatic carbocycles. The quantitative estimate of drug-likeness (QED) is 0.444. The van der Waals surface area contributed by atoms with E-state index < -0.39 is 11.0 Å². The summed E-state index contributed by atoms with van der Waals surface area (Å²) in [6.45, 7) is 1.71. The highest BCUT2D eigenvalue weighted by Gasteiger charge is 2.12. The van der Waals surface area contributed by atoms with Crippen LogP contribution in [0.25, 0.3) is 0 Å². The van der Waals surface area contributed by atoms with Gasteiger partial charge in [0, 0.05) is 16.2 Å². The van der Waals surface area contributed by atoms with E-state index in [1.165, 1.54) is 12.3 Å². The molecular weight excluding hydrogens is 384 g/mol. The summed E-state index contributed by atoms with van der Waals surface area (Å²) < 4.78 is 0.954. The molecule has 0 fully saturated rings. The smallest absolute Gasteiger partial charge is 0.324 e. The van der Waals surface area contributed by atoms with Gasteiger partial charge in [-0.2, -0.15) is 5.10 Å². The summed E-state index contributed by atoms with van der Waals surface area (Å²) >= 11 is 4.33. The van der Waals surface area contributed by atoms with E-state index in [1.54, 1.807) is 13.0 Å². The molecule has 9 heteroatoms. The lowest BCUT2D eigenvalue weighted by atomic mass is 10.2. The average Bonchev–Trinajstić information content (AvgIpc) is 2.98. The lowest BCUT2D eigenvalue weighted by Gasteiger charge is -2.13. The Bertz CT molecular complexity index is 730. The van der Waals surface area contributed by atoms with Gasteiger partial charge in [0.25, 0.3) is 5.91 Å². The third-order valence-corrected chi connectivity index (χ3v) is 4.28. The van der Waals surface area contributed by atoms with E-state index in [1.807, 2.05) is 24.3 Å². The molecule has 0 saturated carbocycles. The fourth-order valence-electron chi connectivity index (χ4n) is 1.63. The zero-order valence-electron chi connectivity index (χ0n) is 12.0. The SMILES string of the molecule is CC(Nc1ccc(Br)cc1)C(=O)NN=Cc1ccc([N+](=O)[O-])s1. The summed E-state index contributed by atoms with van der Waals surface area (Å²) in [5.74, 6) is -0.310. The molecule has 0 spiro atoms. The van der Waals surface area contributed by atoms with Gasteiger partial charge in [0.1, 0.15) is 6.04 Å². The number of halogens is 1. The van der Waals surface area contributed by atoms with Crippen molar-refractivity contribution in [3.63, 3.8) is 0 Å². The molecule has 1 amide bonds. The lowest BCUT2D eigenvalue weighted by Crippen LogP contribution is -2.34. The Morgan fingerprint density at radius 3 is 2.65 bits per heavy atom. The van der Waals surface area contributed by atoms with Crippen LogP contribution in [0.1, 0.15) is 11.8 Å². The minimum absolute atomic E-state index is 0.0306. The van der Waals surface area contributed by atoms with Gasteiger partial charge in [-0.15, -0.1) is 0 Å². The summed E-state index contributed by atoms with van der Waals surface area (Å²) in [5, 5.41) is 17.5. The second kappa shape index (κ2) is 7.84. The van der Waals surface area contributed by atoms with Crippen LogP contribution in [-0.2, 0) is 4.79 Å². The molecule has 0 bridgehead atoms. The van der Waals surface area contributed by atoms with Gasteiger partial charge in [0.15, 0.2) is 0 Å².